The molecule has 0 radical (unpaired) electrons. The lowest BCUT2D eigenvalue weighted by molar-refractivity contribution is 0.0590. The van der Waals surface area contributed by atoms with Gasteiger partial charge in [0.2, 0.25) is 0 Å². The van der Waals surface area contributed by atoms with E-state index in [-0.39, 0.29) is 5.97 Å². The highest BCUT2D eigenvalue weighted by Crippen LogP contribution is 2.23. The molecule has 1 aliphatic rings. The van der Waals surface area contributed by atoms with E-state index in [9.17, 15) is 4.79 Å². The van der Waals surface area contributed by atoms with Gasteiger partial charge in [-0.25, -0.2) is 9.78 Å². The zero-order valence-electron chi connectivity index (χ0n) is 12.1. The Bertz CT molecular complexity index is 640. The van der Waals surface area contributed by atoms with Crippen LogP contribution in [-0.2, 0) is 24.2 Å². The Labute approximate surface area is 124 Å². The highest BCUT2D eigenvalue weighted by Gasteiger charge is 2.23. The molecule has 0 spiro atoms. The first-order valence-electron chi connectivity index (χ1n) is 7.09. The van der Waals surface area contributed by atoms with Crippen LogP contribution in [-0.4, -0.2) is 29.5 Å². The fraction of sp³-hybridized carbons (Fsp3) is 0.294. The highest BCUT2D eigenvalue weighted by atomic mass is 16.5. The van der Waals surface area contributed by atoms with Gasteiger partial charge >= 0.3 is 5.97 Å². The van der Waals surface area contributed by atoms with Crippen LogP contribution < -0.4 is 0 Å². The van der Waals surface area contributed by atoms with E-state index in [1.165, 1.54) is 18.2 Å². The van der Waals surface area contributed by atoms with E-state index in [2.05, 4.69) is 34.1 Å². The van der Waals surface area contributed by atoms with Gasteiger partial charge in [0.1, 0.15) is 0 Å². The second-order valence-electron chi connectivity index (χ2n) is 5.24. The van der Waals surface area contributed by atoms with Crippen LogP contribution in [0, 0.1) is 0 Å². The van der Waals surface area contributed by atoms with E-state index in [0.717, 1.165) is 31.6 Å². The summed E-state index contributed by atoms with van der Waals surface area (Å²) in [5.41, 5.74) is 3.94. The summed E-state index contributed by atoms with van der Waals surface area (Å²) < 4.78 is 4.84. The molecule has 0 N–H and O–H groups in total. The molecule has 0 amide bonds. The number of benzene rings is 1. The van der Waals surface area contributed by atoms with Gasteiger partial charge < -0.3 is 4.74 Å². The van der Waals surface area contributed by atoms with Crippen LogP contribution in [0.1, 0.15) is 27.2 Å². The van der Waals surface area contributed by atoms with E-state index in [0.29, 0.717) is 5.69 Å². The molecule has 21 heavy (non-hydrogen) atoms. The van der Waals surface area contributed by atoms with Crippen molar-refractivity contribution in [2.75, 3.05) is 13.7 Å². The minimum atomic E-state index is -0.353. The standard InChI is InChI=1S/C17H18N2O2/c1-21-17(20)16-15-12-19(10-8-14(15)7-9-18-16)11-13-5-3-2-4-6-13/h2-7,9H,8,10-12H2,1H3. The van der Waals surface area contributed by atoms with Crippen molar-refractivity contribution in [3.05, 3.63) is 65.0 Å². The number of pyridine rings is 1. The molecule has 4 nitrogen and oxygen atoms in total. The summed E-state index contributed by atoms with van der Waals surface area (Å²) in [6.07, 6.45) is 2.63. The lowest BCUT2D eigenvalue weighted by Gasteiger charge is -2.29. The largest absolute Gasteiger partial charge is 0.464 e. The normalized spacial score (nSPS) is 14.5. The van der Waals surface area contributed by atoms with Crippen molar-refractivity contribution in [1.29, 1.82) is 0 Å². The molecule has 0 saturated heterocycles. The topological polar surface area (TPSA) is 42.4 Å². The summed E-state index contributed by atoms with van der Waals surface area (Å²) in [5.74, 6) is -0.353. The van der Waals surface area contributed by atoms with E-state index in [1.807, 2.05) is 12.1 Å². The molecule has 1 aliphatic heterocycles. The number of fused-ring (bicyclic) bond motifs is 1. The van der Waals surface area contributed by atoms with Crippen molar-refractivity contribution in [2.24, 2.45) is 0 Å². The minimum absolute atomic E-state index is 0.353. The van der Waals surface area contributed by atoms with Crippen molar-refractivity contribution in [3.8, 4) is 0 Å². The first kappa shape index (κ1) is 13.8. The molecule has 1 aromatic carbocycles. The molecule has 3 rings (SSSR count). The quantitative estimate of drug-likeness (QED) is 0.811. The number of aromatic nitrogens is 1. The van der Waals surface area contributed by atoms with Gasteiger partial charge in [0.25, 0.3) is 0 Å². The van der Waals surface area contributed by atoms with Gasteiger partial charge in [0.05, 0.1) is 7.11 Å². The molecule has 1 aromatic heterocycles. The van der Waals surface area contributed by atoms with E-state index < -0.39 is 0 Å². The van der Waals surface area contributed by atoms with Gasteiger partial charge in [-0.05, 0) is 23.6 Å². The van der Waals surface area contributed by atoms with Crippen molar-refractivity contribution >= 4 is 5.97 Å². The van der Waals surface area contributed by atoms with Crippen LogP contribution in [0.15, 0.2) is 42.6 Å². The zero-order chi connectivity index (χ0) is 14.7. The molecule has 2 aromatic rings. The summed E-state index contributed by atoms with van der Waals surface area (Å²) in [5, 5.41) is 0. The summed E-state index contributed by atoms with van der Waals surface area (Å²) in [6.45, 7) is 2.62. The molecule has 0 unspecified atom stereocenters. The fourth-order valence-electron chi connectivity index (χ4n) is 2.77. The molecule has 4 heteroatoms. The van der Waals surface area contributed by atoms with Gasteiger partial charge in [0, 0.05) is 31.4 Å². The predicted octanol–water partition coefficient (Wildman–Crippen LogP) is 2.43. The Hall–Kier alpha value is -2.20. The SMILES string of the molecule is COC(=O)c1nccc2c1CN(Cc1ccccc1)CC2. The van der Waals surface area contributed by atoms with Crippen LogP contribution >= 0.6 is 0 Å². The van der Waals surface area contributed by atoms with Gasteiger partial charge in [-0.3, -0.25) is 4.90 Å². The minimum Gasteiger partial charge on any atom is -0.464 e. The number of hydrogen-bond donors (Lipinski definition) is 0. The number of rotatable bonds is 3. The second-order valence-corrected chi connectivity index (χ2v) is 5.24. The average molecular weight is 282 g/mol. The Morgan fingerprint density at radius 1 is 1.29 bits per heavy atom. The summed E-state index contributed by atoms with van der Waals surface area (Å²) in [6, 6.07) is 12.4. The first-order valence-corrected chi connectivity index (χ1v) is 7.09. The Morgan fingerprint density at radius 3 is 2.86 bits per heavy atom. The number of carbonyl (C=O) groups excluding carboxylic acids is 1. The first-order chi connectivity index (χ1) is 10.3. The van der Waals surface area contributed by atoms with E-state index in [1.54, 1.807) is 6.20 Å². The lowest BCUT2D eigenvalue weighted by Crippen LogP contribution is -2.31. The highest BCUT2D eigenvalue weighted by molar-refractivity contribution is 5.89. The van der Waals surface area contributed by atoms with Crippen molar-refractivity contribution < 1.29 is 9.53 Å². The van der Waals surface area contributed by atoms with E-state index in [4.69, 9.17) is 4.74 Å². The Morgan fingerprint density at radius 2 is 2.10 bits per heavy atom. The summed E-state index contributed by atoms with van der Waals surface area (Å²) in [4.78, 5) is 18.4. The molecule has 0 aliphatic carbocycles. The summed E-state index contributed by atoms with van der Waals surface area (Å²) in [7, 11) is 1.40. The smallest absolute Gasteiger partial charge is 0.356 e. The monoisotopic (exact) mass is 282 g/mol. The number of methoxy groups -OCH3 is 1. The maximum atomic E-state index is 11.8. The van der Waals surface area contributed by atoms with Crippen LogP contribution in [0.3, 0.4) is 0 Å². The molecular formula is C17H18N2O2. The maximum Gasteiger partial charge on any atom is 0.356 e. The predicted molar refractivity (Wildman–Crippen MR) is 79.8 cm³/mol. The van der Waals surface area contributed by atoms with Crippen LogP contribution in [0.25, 0.3) is 0 Å². The number of esters is 1. The molecule has 108 valence electrons. The van der Waals surface area contributed by atoms with Crippen molar-refractivity contribution in [3.63, 3.8) is 0 Å². The summed E-state index contributed by atoms with van der Waals surface area (Å²) >= 11 is 0. The van der Waals surface area contributed by atoms with Crippen molar-refractivity contribution in [1.82, 2.24) is 9.88 Å². The number of hydrogen-bond acceptors (Lipinski definition) is 4. The second kappa shape index (κ2) is 6.06. The zero-order valence-corrected chi connectivity index (χ0v) is 12.1. The molecular weight excluding hydrogens is 264 g/mol. The Balaban J connectivity index is 1.82. The maximum absolute atomic E-state index is 11.8. The number of nitrogens with zero attached hydrogens (tertiary/aromatic N) is 2. The van der Waals surface area contributed by atoms with Crippen molar-refractivity contribution in [2.45, 2.75) is 19.5 Å². The van der Waals surface area contributed by atoms with E-state index >= 15 is 0 Å². The average Bonchev–Trinajstić information content (AvgIpc) is 2.54. The van der Waals surface area contributed by atoms with Gasteiger partial charge in [0.15, 0.2) is 5.69 Å². The van der Waals surface area contributed by atoms with Crippen LogP contribution in [0.2, 0.25) is 0 Å². The molecule has 0 bridgehead atoms. The number of carbonyl (C=O) groups is 1. The molecule has 0 atom stereocenters. The Kier molecular flexibility index (Phi) is 3.97. The van der Waals surface area contributed by atoms with Crippen LogP contribution in [0.4, 0.5) is 0 Å². The molecule has 0 fully saturated rings. The third-order valence-corrected chi connectivity index (χ3v) is 3.86. The van der Waals surface area contributed by atoms with Crippen LogP contribution in [0.5, 0.6) is 0 Å². The molecule has 2 heterocycles. The third-order valence-electron chi connectivity index (χ3n) is 3.86. The van der Waals surface area contributed by atoms with Gasteiger partial charge in [-0.2, -0.15) is 0 Å². The van der Waals surface area contributed by atoms with Gasteiger partial charge in [-0.15, -0.1) is 0 Å². The number of ether oxygens (including phenoxy) is 1. The lowest BCUT2D eigenvalue weighted by atomic mass is 9.98. The van der Waals surface area contributed by atoms with Gasteiger partial charge in [-0.1, -0.05) is 30.3 Å². The fourth-order valence-corrected chi connectivity index (χ4v) is 2.77. The third kappa shape index (κ3) is 2.95. The molecule has 0 saturated carbocycles.